The van der Waals surface area contributed by atoms with Gasteiger partial charge in [0.15, 0.2) is 0 Å². The second-order valence-corrected chi connectivity index (χ2v) is 9.29. The van der Waals surface area contributed by atoms with Gasteiger partial charge >= 0.3 is 0 Å². The maximum Gasteiger partial charge on any atom is 0.247 e. The van der Waals surface area contributed by atoms with Crippen LogP contribution in [0.2, 0.25) is 0 Å². The third kappa shape index (κ3) is 6.21. The molecule has 170 valence electrons. The first-order chi connectivity index (χ1) is 16.0. The highest BCUT2D eigenvalue weighted by Gasteiger charge is 2.15. The first-order valence-electron chi connectivity index (χ1n) is 11.1. The third-order valence-corrected chi connectivity index (χ3v) is 6.75. The number of hydrogen-bond acceptors (Lipinski definition) is 6. The van der Waals surface area contributed by atoms with Crippen LogP contribution in [0.5, 0.6) is 0 Å². The number of rotatable bonds is 7. The van der Waals surface area contributed by atoms with Gasteiger partial charge < -0.3 is 15.1 Å². The molecule has 2 aromatic carbocycles. The number of amides is 1. The number of carbonyl (C=O) groups is 1. The molecule has 1 aromatic heterocycles. The normalized spacial score (nSPS) is 14.2. The number of nitrogens with zero attached hydrogens (tertiary/aromatic N) is 4. The summed E-state index contributed by atoms with van der Waals surface area (Å²) in [7, 11) is 2.17. The molecular formula is C26H29N5OS. The molecule has 1 amide bonds. The molecule has 33 heavy (non-hydrogen) atoms. The van der Waals surface area contributed by atoms with Gasteiger partial charge in [-0.25, -0.2) is 9.97 Å². The topological polar surface area (TPSA) is 61.4 Å². The lowest BCUT2D eigenvalue weighted by atomic mass is 10.1. The van der Waals surface area contributed by atoms with Crippen molar-refractivity contribution in [2.45, 2.75) is 23.3 Å². The summed E-state index contributed by atoms with van der Waals surface area (Å²) in [6.07, 6.45) is 3.85. The highest BCUT2D eigenvalue weighted by molar-refractivity contribution is 7.99. The van der Waals surface area contributed by atoms with E-state index >= 15 is 0 Å². The predicted molar refractivity (Wildman–Crippen MR) is 135 cm³/mol. The Kier molecular flexibility index (Phi) is 7.42. The number of piperazine rings is 1. The van der Waals surface area contributed by atoms with Gasteiger partial charge in [-0.15, -0.1) is 0 Å². The first kappa shape index (κ1) is 23.0. The summed E-state index contributed by atoms with van der Waals surface area (Å²) in [6, 6.07) is 16.4. The van der Waals surface area contributed by atoms with Crippen molar-refractivity contribution in [2.75, 3.05) is 43.4 Å². The van der Waals surface area contributed by atoms with E-state index in [1.54, 1.807) is 11.8 Å². The van der Waals surface area contributed by atoms with E-state index in [1.807, 2.05) is 37.4 Å². The summed E-state index contributed by atoms with van der Waals surface area (Å²) in [5.41, 5.74) is 4.27. The van der Waals surface area contributed by atoms with Crippen molar-refractivity contribution < 1.29 is 4.79 Å². The maximum absolute atomic E-state index is 11.5. The fraction of sp³-hybridized carbons (Fsp3) is 0.269. The minimum Gasteiger partial charge on any atom is -0.369 e. The number of hydrogen-bond donors (Lipinski definition) is 1. The molecular weight excluding hydrogens is 430 g/mol. The smallest absolute Gasteiger partial charge is 0.247 e. The van der Waals surface area contributed by atoms with Gasteiger partial charge in [0.05, 0.1) is 0 Å². The van der Waals surface area contributed by atoms with E-state index in [9.17, 15) is 4.79 Å². The zero-order valence-corrected chi connectivity index (χ0v) is 19.9. The van der Waals surface area contributed by atoms with E-state index in [4.69, 9.17) is 4.98 Å². The van der Waals surface area contributed by atoms with Crippen LogP contribution in [0.1, 0.15) is 17.0 Å². The lowest BCUT2D eigenvalue weighted by Crippen LogP contribution is -2.44. The van der Waals surface area contributed by atoms with Crippen LogP contribution in [0.25, 0.3) is 0 Å². The lowest BCUT2D eigenvalue weighted by Gasteiger charge is -2.34. The van der Waals surface area contributed by atoms with Crippen molar-refractivity contribution in [3.8, 4) is 0 Å². The monoisotopic (exact) mass is 459 g/mol. The lowest BCUT2D eigenvalue weighted by molar-refractivity contribution is -0.111. The molecule has 6 nitrogen and oxygen atoms in total. The number of aromatic nitrogens is 2. The first-order valence-corrected chi connectivity index (χ1v) is 11.9. The highest BCUT2D eigenvalue weighted by atomic mass is 32.2. The summed E-state index contributed by atoms with van der Waals surface area (Å²) < 4.78 is 0. The van der Waals surface area contributed by atoms with E-state index in [2.05, 4.69) is 58.0 Å². The van der Waals surface area contributed by atoms with Crippen molar-refractivity contribution in [3.05, 3.63) is 84.3 Å². The Bertz CT molecular complexity index is 1120. The number of benzene rings is 2. The number of anilines is 2. The van der Waals surface area contributed by atoms with E-state index in [0.717, 1.165) is 53.2 Å². The summed E-state index contributed by atoms with van der Waals surface area (Å²) in [5, 5.41) is 3.71. The minimum absolute atomic E-state index is 0.219. The quantitative estimate of drug-likeness (QED) is 0.417. The van der Waals surface area contributed by atoms with Crippen LogP contribution >= 0.6 is 11.8 Å². The van der Waals surface area contributed by atoms with E-state index in [-0.39, 0.29) is 5.91 Å². The molecule has 0 spiro atoms. The number of carbonyl (C=O) groups excluding carboxylic acids is 1. The largest absolute Gasteiger partial charge is 0.369 e. The SMILES string of the molecule is C=CC(=O)Nc1ccc(Sc2nc(Cc3cccc(N4CCN(C)CC4)c3)ncc2C)cc1. The molecule has 1 aliphatic rings. The highest BCUT2D eigenvalue weighted by Crippen LogP contribution is 2.29. The summed E-state index contributed by atoms with van der Waals surface area (Å²) in [5.74, 6) is 0.594. The third-order valence-electron chi connectivity index (χ3n) is 5.64. The Morgan fingerprint density at radius 1 is 1.15 bits per heavy atom. The average molecular weight is 460 g/mol. The average Bonchev–Trinajstić information content (AvgIpc) is 2.83. The van der Waals surface area contributed by atoms with Crippen molar-refractivity contribution >= 4 is 29.0 Å². The molecule has 0 radical (unpaired) electrons. The molecule has 0 aliphatic carbocycles. The summed E-state index contributed by atoms with van der Waals surface area (Å²) in [6.45, 7) is 9.79. The molecule has 0 unspecified atom stereocenters. The molecule has 1 fully saturated rings. The van der Waals surface area contributed by atoms with Crippen molar-refractivity contribution in [2.24, 2.45) is 0 Å². The van der Waals surface area contributed by atoms with E-state index < -0.39 is 0 Å². The Morgan fingerprint density at radius 2 is 1.91 bits per heavy atom. The zero-order chi connectivity index (χ0) is 23.2. The Labute approximate surface area is 199 Å². The molecule has 1 saturated heterocycles. The van der Waals surface area contributed by atoms with Gasteiger partial charge in [-0.2, -0.15) is 0 Å². The van der Waals surface area contributed by atoms with Gasteiger partial charge in [0.2, 0.25) is 5.91 Å². The molecule has 3 aromatic rings. The van der Waals surface area contributed by atoms with Crippen LogP contribution in [-0.4, -0.2) is 54.0 Å². The van der Waals surface area contributed by atoms with Crippen LogP contribution < -0.4 is 10.2 Å². The Morgan fingerprint density at radius 3 is 2.64 bits per heavy atom. The fourth-order valence-corrected chi connectivity index (χ4v) is 4.53. The van der Waals surface area contributed by atoms with Crippen molar-refractivity contribution in [1.82, 2.24) is 14.9 Å². The van der Waals surface area contributed by atoms with Crippen LogP contribution in [0, 0.1) is 6.92 Å². The molecule has 0 bridgehead atoms. The Hall–Kier alpha value is -3.16. The molecule has 0 saturated carbocycles. The molecule has 7 heteroatoms. The van der Waals surface area contributed by atoms with Gasteiger partial charge in [0.1, 0.15) is 10.9 Å². The molecule has 0 atom stereocenters. The fourth-order valence-electron chi connectivity index (χ4n) is 3.67. The van der Waals surface area contributed by atoms with Gasteiger partial charge in [-0.3, -0.25) is 4.79 Å². The molecule has 4 rings (SSSR count). The zero-order valence-electron chi connectivity index (χ0n) is 19.1. The van der Waals surface area contributed by atoms with Crippen LogP contribution in [0.15, 0.2) is 77.3 Å². The number of aryl methyl sites for hydroxylation is 1. The van der Waals surface area contributed by atoms with E-state index in [0.29, 0.717) is 6.42 Å². The molecule has 1 N–H and O–H groups in total. The number of likely N-dealkylation sites (N-methyl/N-ethyl adjacent to an activating group) is 1. The predicted octanol–water partition coefficient (Wildman–Crippen LogP) is 4.40. The second-order valence-electron chi connectivity index (χ2n) is 8.23. The van der Waals surface area contributed by atoms with Gasteiger partial charge in [0.25, 0.3) is 0 Å². The van der Waals surface area contributed by atoms with Gasteiger partial charge in [-0.1, -0.05) is 30.5 Å². The van der Waals surface area contributed by atoms with Crippen molar-refractivity contribution in [3.63, 3.8) is 0 Å². The van der Waals surface area contributed by atoms with Crippen molar-refractivity contribution in [1.29, 1.82) is 0 Å². The molecule has 2 heterocycles. The minimum atomic E-state index is -0.219. The summed E-state index contributed by atoms with van der Waals surface area (Å²) >= 11 is 1.60. The van der Waals surface area contributed by atoms with Crippen LogP contribution in [0.4, 0.5) is 11.4 Å². The molecule has 1 aliphatic heterocycles. The standard InChI is InChI=1S/C26H29N5OS/c1-4-25(32)28-21-8-10-23(11-9-21)33-26-19(2)18-27-24(29-26)17-20-6-5-7-22(16-20)31-14-12-30(3)13-15-31/h4-11,16,18H,1,12-15,17H2,2-3H3,(H,28,32). The van der Waals surface area contributed by atoms with E-state index in [1.165, 1.54) is 17.3 Å². The van der Waals surface area contributed by atoms with Gasteiger partial charge in [-0.05, 0) is 67.6 Å². The summed E-state index contributed by atoms with van der Waals surface area (Å²) in [4.78, 5) is 26.8. The van der Waals surface area contributed by atoms with Gasteiger partial charge in [0, 0.05) is 55.1 Å². The Balaban J connectivity index is 1.45. The maximum atomic E-state index is 11.5. The number of nitrogens with one attached hydrogen (secondary N) is 1. The van der Waals surface area contributed by atoms with Crippen LogP contribution in [-0.2, 0) is 11.2 Å². The van der Waals surface area contributed by atoms with Crippen LogP contribution in [0.3, 0.4) is 0 Å². The second kappa shape index (κ2) is 10.6.